The second-order valence-corrected chi connectivity index (χ2v) is 24.3. The van der Waals surface area contributed by atoms with E-state index in [1.807, 2.05) is 35.3 Å². The lowest BCUT2D eigenvalue weighted by atomic mass is 10.0. The second kappa shape index (κ2) is 65.0. The van der Waals surface area contributed by atoms with Gasteiger partial charge in [-0.1, -0.05) is 310 Å². The van der Waals surface area contributed by atoms with Gasteiger partial charge in [0.1, 0.15) is 0 Å². The predicted molar refractivity (Wildman–Crippen MR) is 314 cm³/mol. The molecule has 7 heteroatoms. The Morgan fingerprint density at radius 3 is 0.507 bits per heavy atom. The van der Waals surface area contributed by atoms with Crippen molar-refractivity contribution in [3.05, 3.63) is 0 Å². The summed E-state index contributed by atoms with van der Waals surface area (Å²) in [5.74, 6) is 6.85. The highest BCUT2D eigenvalue weighted by Crippen LogP contribution is 2.18. The molecule has 67 heavy (non-hydrogen) atoms. The maximum Gasteiger partial charge on any atom is 0.639 e. The van der Waals surface area contributed by atoms with Crippen LogP contribution < -0.4 is 0 Å². The fourth-order valence-electron chi connectivity index (χ4n) is 9.32. The van der Waals surface area contributed by atoms with Gasteiger partial charge in [-0.05, 0) is 36.5 Å². The first-order valence-electron chi connectivity index (χ1n) is 30.9. The Kier molecular flexibility index (Phi) is 66.0. The van der Waals surface area contributed by atoms with Crippen molar-refractivity contribution in [3.63, 3.8) is 0 Å². The fraction of sp³-hybridized carbons (Fsp3) is 1.00. The van der Waals surface area contributed by atoms with Gasteiger partial charge in [0.05, 0.1) is 0 Å². The molecule has 0 heterocycles. The lowest BCUT2D eigenvalue weighted by molar-refractivity contribution is 0.109. The van der Waals surface area contributed by atoms with Gasteiger partial charge in [-0.15, -0.1) is 0 Å². The normalized spacial score (nSPS) is 11.7. The molecule has 0 aromatic heterocycles. The summed E-state index contributed by atoms with van der Waals surface area (Å²) >= 11 is 6.13. The van der Waals surface area contributed by atoms with E-state index < -0.39 is 7.32 Å². The molecule has 0 aromatic rings. The van der Waals surface area contributed by atoms with Crippen molar-refractivity contribution in [1.29, 1.82) is 0 Å². The zero-order chi connectivity index (χ0) is 48.1. The van der Waals surface area contributed by atoms with E-state index >= 15 is 0 Å². The Morgan fingerprint density at radius 1 is 0.194 bits per heavy atom. The highest BCUT2D eigenvalue weighted by Gasteiger charge is 2.21. The number of hydrogen-bond donors (Lipinski definition) is 0. The van der Waals surface area contributed by atoms with Crippen LogP contribution in [0.1, 0.15) is 329 Å². The summed E-state index contributed by atoms with van der Waals surface area (Å²) in [6.07, 6.45) is 68.8. The molecule has 0 fully saturated rings. The molecular formula is C60H123BO3S3. The van der Waals surface area contributed by atoms with Gasteiger partial charge in [-0.25, -0.2) is 0 Å². The number of unbranched alkanes of at least 4 members (excludes halogenated alkanes) is 45. The largest absolute Gasteiger partial charge is 0.639 e. The van der Waals surface area contributed by atoms with E-state index in [0.717, 1.165) is 17.3 Å². The zero-order valence-electron chi connectivity index (χ0n) is 46.3. The summed E-state index contributed by atoms with van der Waals surface area (Å²) < 4.78 is 18.5. The summed E-state index contributed by atoms with van der Waals surface area (Å²) in [5, 5.41) is 0. The fourth-order valence-corrected chi connectivity index (χ4v) is 11.8. The maximum absolute atomic E-state index is 6.17. The van der Waals surface area contributed by atoms with Gasteiger partial charge in [-0.3, -0.25) is 0 Å². The van der Waals surface area contributed by atoms with Gasteiger partial charge in [0.25, 0.3) is 0 Å². The summed E-state index contributed by atoms with van der Waals surface area (Å²) in [7, 11) is -0.511. The average molecular weight is 1000 g/mol. The Balaban J connectivity index is 3.97. The molecule has 0 amide bonds. The molecule has 0 atom stereocenters. The van der Waals surface area contributed by atoms with E-state index in [2.05, 4.69) is 20.8 Å². The first kappa shape index (κ1) is 68.0. The van der Waals surface area contributed by atoms with Gasteiger partial charge in [0, 0.05) is 37.1 Å². The molecule has 402 valence electrons. The molecule has 0 aliphatic carbocycles. The maximum atomic E-state index is 6.17. The third-order valence-corrected chi connectivity index (χ3v) is 17.0. The minimum absolute atomic E-state index is 0.511. The number of rotatable bonds is 63. The van der Waals surface area contributed by atoms with Crippen LogP contribution in [-0.4, -0.2) is 61.7 Å². The molecule has 0 N–H and O–H groups in total. The number of thioether (sulfide) groups is 3. The highest BCUT2D eigenvalue weighted by molar-refractivity contribution is 7.99. The Hall–Kier alpha value is 0.995. The first-order chi connectivity index (χ1) is 33.3. The Labute approximate surface area is 437 Å². The Morgan fingerprint density at radius 2 is 0.343 bits per heavy atom. The van der Waals surface area contributed by atoms with Gasteiger partial charge in [0.15, 0.2) is 0 Å². The minimum atomic E-state index is -0.511. The van der Waals surface area contributed by atoms with Crippen LogP contribution in [0.5, 0.6) is 0 Å². The van der Waals surface area contributed by atoms with E-state index in [0.29, 0.717) is 19.8 Å². The Bertz CT molecular complexity index is 736. The van der Waals surface area contributed by atoms with E-state index in [4.69, 9.17) is 14.0 Å². The van der Waals surface area contributed by atoms with Crippen molar-refractivity contribution in [1.82, 2.24) is 0 Å². The smallest absolute Gasteiger partial charge is 0.385 e. The SMILES string of the molecule is CCCCCCCCCCCCCCCCCCSCCOB(OCCSCCCCCCCCCCCCCCCCCC)OCCSCCCCCCCCCCCCCCCCCC. The molecule has 0 aliphatic rings. The quantitative estimate of drug-likeness (QED) is 0.0445. The lowest BCUT2D eigenvalue weighted by Gasteiger charge is -2.14. The molecule has 0 aliphatic heterocycles. The van der Waals surface area contributed by atoms with Crippen molar-refractivity contribution >= 4 is 42.6 Å². The van der Waals surface area contributed by atoms with Crippen molar-refractivity contribution in [3.8, 4) is 0 Å². The van der Waals surface area contributed by atoms with Crippen LogP contribution in [-0.2, 0) is 14.0 Å². The molecule has 0 rings (SSSR count). The van der Waals surface area contributed by atoms with Crippen LogP contribution in [0.4, 0.5) is 0 Å². The molecule has 0 bridgehead atoms. The molecule has 0 spiro atoms. The van der Waals surface area contributed by atoms with Crippen molar-refractivity contribution in [2.24, 2.45) is 0 Å². The van der Waals surface area contributed by atoms with Crippen LogP contribution in [0.25, 0.3) is 0 Å². The second-order valence-electron chi connectivity index (χ2n) is 20.6. The van der Waals surface area contributed by atoms with Crippen LogP contribution in [0.2, 0.25) is 0 Å². The predicted octanol–water partition coefficient (Wildman–Crippen LogP) is 22.0. The molecule has 0 saturated carbocycles. The lowest BCUT2D eigenvalue weighted by Crippen LogP contribution is -2.30. The molecule has 0 unspecified atom stereocenters. The van der Waals surface area contributed by atoms with Crippen LogP contribution in [0, 0.1) is 0 Å². The van der Waals surface area contributed by atoms with Crippen LogP contribution in [0.3, 0.4) is 0 Å². The van der Waals surface area contributed by atoms with Gasteiger partial charge < -0.3 is 14.0 Å². The van der Waals surface area contributed by atoms with Crippen molar-refractivity contribution in [2.75, 3.05) is 54.3 Å². The van der Waals surface area contributed by atoms with E-state index in [-0.39, 0.29) is 0 Å². The highest BCUT2D eigenvalue weighted by atomic mass is 32.2. The molecule has 0 aromatic carbocycles. The van der Waals surface area contributed by atoms with Gasteiger partial charge in [0.2, 0.25) is 0 Å². The van der Waals surface area contributed by atoms with Gasteiger partial charge >= 0.3 is 7.32 Å². The first-order valence-corrected chi connectivity index (χ1v) is 34.4. The van der Waals surface area contributed by atoms with Gasteiger partial charge in [-0.2, -0.15) is 35.3 Å². The summed E-state index contributed by atoms with van der Waals surface area (Å²) in [4.78, 5) is 0. The number of hydrogen-bond acceptors (Lipinski definition) is 6. The monoisotopic (exact) mass is 999 g/mol. The molecule has 0 saturated heterocycles. The summed E-state index contributed by atoms with van der Waals surface area (Å²) in [5.41, 5.74) is 0. The molecule has 0 radical (unpaired) electrons. The molecular weight excluding hydrogens is 876 g/mol. The van der Waals surface area contributed by atoms with Crippen molar-refractivity contribution < 1.29 is 14.0 Å². The van der Waals surface area contributed by atoms with Crippen LogP contribution >= 0.6 is 35.3 Å². The standard InChI is InChI=1S/C60H123BO3S3/c1-4-7-10-13-16-19-22-25-28-31-34-37-40-43-46-49-55-65-58-52-62-61(63-53-59-66-56-50-47-44-41-38-35-32-29-26-23-20-17-14-11-8-5-2)64-54-60-67-57-51-48-45-42-39-36-33-30-27-24-21-18-15-12-9-6-3/h4-60H2,1-3H3. The third kappa shape index (κ3) is 63.1. The van der Waals surface area contributed by atoms with E-state index in [1.165, 1.54) is 325 Å². The minimum Gasteiger partial charge on any atom is -0.385 e. The average Bonchev–Trinajstić information content (AvgIpc) is 3.34. The van der Waals surface area contributed by atoms with E-state index in [1.54, 1.807) is 0 Å². The topological polar surface area (TPSA) is 27.7 Å². The zero-order valence-corrected chi connectivity index (χ0v) is 48.8. The van der Waals surface area contributed by atoms with E-state index in [9.17, 15) is 0 Å². The summed E-state index contributed by atoms with van der Waals surface area (Å²) in [6, 6.07) is 0. The third-order valence-electron chi connectivity index (χ3n) is 13.9. The van der Waals surface area contributed by atoms with Crippen LogP contribution in [0.15, 0.2) is 0 Å². The summed E-state index contributed by atoms with van der Waals surface area (Å²) in [6.45, 7) is 9.07. The molecule has 3 nitrogen and oxygen atoms in total. The van der Waals surface area contributed by atoms with Crippen molar-refractivity contribution in [2.45, 2.75) is 329 Å².